The highest BCUT2D eigenvalue weighted by Crippen LogP contribution is 2.21. The van der Waals surface area contributed by atoms with Gasteiger partial charge in [0.05, 0.1) is 11.0 Å². The van der Waals surface area contributed by atoms with Crippen LogP contribution in [0.3, 0.4) is 0 Å². The first-order chi connectivity index (χ1) is 8.16. The SMILES string of the molecule is Cc1cnc(NC2CCNCC2)cc1[N+](=O)[O-]. The van der Waals surface area contributed by atoms with E-state index in [0.29, 0.717) is 17.4 Å². The van der Waals surface area contributed by atoms with Crippen LogP contribution in [-0.4, -0.2) is 29.0 Å². The van der Waals surface area contributed by atoms with Gasteiger partial charge in [0.25, 0.3) is 5.69 Å². The average molecular weight is 236 g/mol. The molecular weight excluding hydrogens is 220 g/mol. The standard InChI is InChI=1S/C11H16N4O2/c1-8-7-13-11(6-10(8)15(16)17)14-9-2-4-12-5-3-9/h6-7,9,12H,2-5H2,1H3,(H,13,14). The molecule has 0 amide bonds. The number of rotatable bonds is 3. The first kappa shape index (κ1) is 11.8. The molecule has 0 saturated carbocycles. The van der Waals surface area contributed by atoms with Gasteiger partial charge in [-0.3, -0.25) is 10.1 Å². The molecule has 1 saturated heterocycles. The lowest BCUT2D eigenvalue weighted by Gasteiger charge is -2.24. The highest BCUT2D eigenvalue weighted by Gasteiger charge is 2.16. The molecule has 17 heavy (non-hydrogen) atoms. The van der Waals surface area contributed by atoms with E-state index in [4.69, 9.17) is 0 Å². The maximum Gasteiger partial charge on any atom is 0.277 e. The molecule has 0 atom stereocenters. The lowest BCUT2D eigenvalue weighted by molar-refractivity contribution is -0.385. The Hall–Kier alpha value is -1.69. The van der Waals surface area contributed by atoms with Crippen LogP contribution in [0.4, 0.5) is 11.5 Å². The van der Waals surface area contributed by atoms with Crippen LogP contribution in [0.25, 0.3) is 0 Å². The van der Waals surface area contributed by atoms with E-state index in [2.05, 4.69) is 15.6 Å². The zero-order valence-corrected chi connectivity index (χ0v) is 9.77. The largest absolute Gasteiger partial charge is 0.367 e. The number of aryl methyl sites for hydroxylation is 1. The summed E-state index contributed by atoms with van der Waals surface area (Å²) < 4.78 is 0. The van der Waals surface area contributed by atoms with Crippen LogP contribution in [0.1, 0.15) is 18.4 Å². The molecule has 1 aromatic heterocycles. The zero-order chi connectivity index (χ0) is 12.3. The van der Waals surface area contributed by atoms with Gasteiger partial charge in [-0.15, -0.1) is 0 Å². The van der Waals surface area contributed by atoms with Crippen molar-refractivity contribution in [2.24, 2.45) is 0 Å². The normalized spacial score (nSPS) is 16.8. The zero-order valence-electron chi connectivity index (χ0n) is 9.77. The van der Waals surface area contributed by atoms with E-state index in [1.54, 1.807) is 13.1 Å². The van der Waals surface area contributed by atoms with Crippen molar-refractivity contribution in [1.82, 2.24) is 10.3 Å². The van der Waals surface area contributed by atoms with E-state index >= 15 is 0 Å². The fourth-order valence-corrected chi connectivity index (χ4v) is 1.96. The Morgan fingerprint density at radius 3 is 2.88 bits per heavy atom. The second-order valence-electron chi connectivity index (χ2n) is 4.28. The number of hydrogen-bond donors (Lipinski definition) is 2. The molecule has 2 rings (SSSR count). The van der Waals surface area contributed by atoms with E-state index in [0.717, 1.165) is 25.9 Å². The van der Waals surface area contributed by atoms with Crippen LogP contribution in [0.5, 0.6) is 0 Å². The van der Waals surface area contributed by atoms with E-state index in [9.17, 15) is 10.1 Å². The fourth-order valence-electron chi connectivity index (χ4n) is 1.96. The molecule has 92 valence electrons. The van der Waals surface area contributed by atoms with E-state index in [-0.39, 0.29) is 10.6 Å². The van der Waals surface area contributed by atoms with Crippen molar-refractivity contribution < 1.29 is 4.92 Å². The Bertz CT molecular complexity index is 416. The molecule has 0 radical (unpaired) electrons. The molecule has 0 unspecified atom stereocenters. The summed E-state index contributed by atoms with van der Waals surface area (Å²) in [6.45, 7) is 3.65. The Labute approximate surface area is 99.6 Å². The minimum atomic E-state index is -0.370. The molecular formula is C11H16N4O2. The van der Waals surface area contributed by atoms with Gasteiger partial charge in [-0.25, -0.2) is 4.98 Å². The van der Waals surface area contributed by atoms with Gasteiger partial charge in [0.1, 0.15) is 5.82 Å². The van der Waals surface area contributed by atoms with Crippen molar-refractivity contribution in [3.8, 4) is 0 Å². The molecule has 1 aromatic rings. The number of piperidine rings is 1. The summed E-state index contributed by atoms with van der Waals surface area (Å²) in [5, 5.41) is 17.3. The lowest BCUT2D eigenvalue weighted by Crippen LogP contribution is -2.35. The third kappa shape index (κ3) is 2.91. The first-order valence-corrected chi connectivity index (χ1v) is 5.75. The smallest absolute Gasteiger partial charge is 0.277 e. The Balaban J connectivity index is 2.10. The van der Waals surface area contributed by atoms with E-state index in [1.165, 1.54) is 6.07 Å². The monoisotopic (exact) mass is 236 g/mol. The van der Waals surface area contributed by atoms with Gasteiger partial charge in [0.15, 0.2) is 0 Å². The summed E-state index contributed by atoms with van der Waals surface area (Å²) in [5.41, 5.74) is 0.710. The maximum atomic E-state index is 10.8. The number of anilines is 1. The Kier molecular flexibility index (Phi) is 3.53. The number of nitrogens with one attached hydrogen (secondary N) is 2. The Morgan fingerprint density at radius 2 is 2.24 bits per heavy atom. The second-order valence-corrected chi connectivity index (χ2v) is 4.28. The predicted octanol–water partition coefficient (Wildman–Crippen LogP) is 1.46. The maximum absolute atomic E-state index is 10.8. The number of nitro groups is 1. The molecule has 1 aliphatic heterocycles. The number of aromatic nitrogens is 1. The molecule has 0 aromatic carbocycles. The minimum Gasteiger partial charge on any atom is -0.367 e. The van der Waals surface area contributed by atoms with Crippen LogP contribution in [0.2, 0.25) is 0 Å². The van der Waals surface area contributed by atoms with E-state index in [1.807, 2.05) is 0 Å². The average Bonchev–Trinajstić information content (AvgIpc) is 2.32. The van der Waals surface area contributed by atoms with Crippen molar-refractivity contribution >= 4 is 11.5 Å². The first-order valence-electron chi connectivity index (χ1n) is 5.75. The van der Waals surface area contributed by atoms with Gasteiger partial charge in [-0.1, -0.05) is 0 Å². The number of nitrogens with zero attached hydrogens (tertiary/aromatic N) is 2. The molecule has 1 aliphatic rings. The molecule has 6 heteroatoms. The molecule has 1 fully saturated rings. The van der Waals surface area contributed by atoms with Gasteiger partial charge in [0.2, 0.25) is 0 Å². The predicted molar refractivity (Wildman–Crippen MR) is 65.1 cm³/mol. The third-order valence-electron chi connectivity index (χ3n) is 2.96. The summed E-state index contributed by atoms with van der Waals surface area (Å²) in [7, 11) is 0. The summed E-state index contributed by atoms with van der Waals surface area (Å²) >= 11 is 0. The highest BCUT2D eigenvalue weighted by molar-refractivity contribution is 5.49. The van der Waals surface area contributed by atoms with Crippen LogP contribution in [-0.2, 0) is 0 Å². The molecule has 0 spiro atoms. The summed E-state index contributed by atoms with van der Waals surface area (Å²) in [4.78, 5) is 14.6. The van der Waals surface area contributed by atoms with Crippen LogP contribution >= 0.6 is 0 Å². The van der Waals surface area contributed by atoms with Crippen molar-refractivity contribution in [2.45, 2.75) is 25.8 Å². The summed E-state index contributed by atoms with van der Waals surface area (Å²) in [5.74, 6) is 0.592. The molecule has 0 bridgehead atoms. The van der Waals surface area contributed by atoms with Gasteiger partial charge >= 0.3 is 0 Å². The van der Waals surface area contributed by atoms with Crippen LogP contribution in [0, 0.1) is 17.0 Å². The summed E-state index contributed by atoms with van der Waals surface area (Å²) in [6.07, 6.45) is 3.58. The minimum absolute atomic E-state index is 0.122. The molecule has 6 nitrogen and oxygen atoms in total. The van der Waals surface area contributed by atoms with Crippen LogP contribution in [0.15, 0.2) is 12.3 Å². The van der Waals surface area contributed by atoms with E-state index < -0.39 is 0 Å². The highest BCUT2D eigenvalue weighted by atomic mass is 16.6. The molecule has 2 heterocycles. The number of pyridine rings is 1. The summed E-state index contributed by atoms with van der Waals surface area (Å²) in [6, 6.07) is 1.86. The van der Waals surface area contributed by atoms with Crippen LogP contribution < -0.4 is 10.6 Å². The van der Waals surface area contributed by atoms with Gasteiger partial charge < -0.3 is 10.6 Å². The third-order valence-corrected chi connectivity index (χ3v) is 2.96. The van der Waals surface area contributed by atoms with Crippen molar-refractivity contribution in [2.75, 3.05) is 18.4 Å². The van der Waals surface area contributed by atoms with Gasteiger partial charge in [0, 0.05) is 17.8 Å². The Morgan fingerprint density at radius 1 is 1.53 bits per heavy atom. The van der Waals surface area contributed by atoms with Gasteiger partial charge in [-0.2, -0.15) is 0 Å². The molecule has 2 N–H and O–H groups in total. The van der Waals surface area contributed by atoms with Gasteiger partial charge in [-0.05, 0) is 32.9 Å². The second kappa shape index (κ2) is 5.09. The quantitative estimate of drug-likeness (QED) is 0.613. The lowest BCUT2D eigenvalue weighted by atomic mass is 10.1. The topological polar surface area (TPSA) is 80.1 Å². The van der Waals surface area contributed by atoms with Crippen molar-refractivity contribution in [3.63, 3.8) is 0 Å². The fraction of sp³-hybridized carbons (Fsp3) is 0.545. The van der Waals surface area contributed by atoms with Crippen molar-refractivity contribution in [1.29, 1.82) is 0 Å². The van der Waals surface area contributed by atoms with Crippen molar-refractivity contribution in [3.05, 3.63) is 27.9 Å². The molecule has 0 aliphatic carbocycles. The number of hydrogen-bond acceptors (Lipinski definition) is 5.